The number of imidazole rings is 1. The number of phenolic OH excluding ortho intramolecular Hbond substituents is 2. The third-order valence-corrected chi connectivity index (χ3v) is 14.5. The molecule has 0 bridgehead atoms. The van der Waals surface area contributed by atoms with Crippen LogP contribution in [0.5, 0.6) is 11.5 Å². The van der Waals surface area contributed by atoms with Gasteiger partial charge in [0.05, 0.1) is 6.33 Å². The molecule has 2 aliphatic rings. The van der Waals surface area contributed by atoms with E-state index >= 15 is 0 Å². The Kier molecular flexibility index (Phi) is 25.6. The van der Waals surface area contributed by atoms with Gasteiger partial charge in [-0.1, -0.05) is 52.0 Å². The summed E-state index contributed by atoms with van der Waals surface area (Å²) < 4.78 is 0. The van der Waals surface area contributed by atoms with Gasteiger partial charge in [-0.3, -0.25) is 52.7 Å². The number of rotatable bonds is 17. The van der Waals surface area contributed by atoms with Gasteiger partial charge in [-0.15, -0.1) is 0 Å². The molecule has 27 heteroatoms. The van der Waals surface area contributed by atoms with E-state index in [9.17, 15) is 68.1 Å². The van der Waals surface area contributed by atoms with E-state index in [1.165, 1.54) is 67.7 Å². The van der Waals surface area contributed by atoms with Crippen LogP contribution in [0.25, 0.3) is 0 Å². The molecule has 0 radical (unpaired) electrons. The minimum atomic E-state index is -1.61. The Morgan fingerprint density at radius 2 is 0.976 bits per heavy atom. The fourth-order valence-electron chi connectivity index (χ4n) is 9.89. The Bertz CT molecular complexity index is 2800. The van der Waals surface area contributed by atoms with Crippen LogP contribution in [0, 0.1) is 11.8 Å². The number of aromatic nitrogens is 2. The summed E-state index contributed by atoms with van der Waals surface area (Å²) in [5, 5.41) is 53.8. The fraction of sp³-hybridized carbons (Fsp3) is 0.552. The van der Waals surface area contributed by atoms with Crippen LogP contribution in [-0.2, 0) is 72.0 Å². The van der Waals surface area contributed by atoms with Crippen LogP contribution >= 0.6 is 0 Å². The number of aromatic hydroxyl groups is 2. The molecular formula is C58H83N13O14. The smallest absolute Gasteiger partial charge is 0.303 e. The van der Waals surface area contributed by atoms with Gasteiger partial charge in [0, 0.05) is 44.1 Å². The van der Waals surface area contributed by atoms with Crippen LogP contribution < -0.4 is 53.6 Å². The van der Waals surface area contributed by atoms with E-state index in [0.717, 1.165) is 0 Å². The second-order valence-electron chi connectivity index (χ2n) is 22.6. The Balaban J connectivity index is 1.58. The maximum Gasteiger partial charge on any atom is 0.303 e. The van der Waals surface area contributed by atoms with Crippen molar-refractivity contribution in [2.24, 2.45) is 17.6 Å². The zero-order valence-corrected chi connectivity index (χ0v) is 48.9. The first-order valence-corrected chi connectivity index (χ1v) is 28.8. The number of aliphatic carboxylic acids is 1. The third-order valence-electron chi connectivity index (χ3n) is 14.5. The van der Waals surface area contributed by atoms with Crippen LogP contribution in [0.2, 0.25) is 0 Å². The van der Waals surface area contributed by atoms with Crippen LogP contribution in [0.1, 0.15) is 116 Å². The molecule has 2 aromatic carbocycles. The van der Waals surface area contributed by atoms with Crippen LogP contribution in [0.4, 0.5) is 0 Å². The van der Waals surface area contributed by atoms with Crippen molar-refractivity contribution in [3.05, 3.63) is 77.9 Å². The summed E-state index contributed by atoms with van der Waals surface area (Å²) in [7, 11) is 0. The van der Waals surface area contributed by atoms with Gasteiger partial charge in [-0.05, 0) is 119 Å². The molecule has 3 aromatic rings. The number of hydrogen-bond acceptors (Lipinski definition) is 15. The predicted molar refractivity (Wildman–Crippen MR) is 308 cm³/mol. The molecule has 1 aromatic heterocycles. The molecule has 0 unspecified atom stereocenters. The summed E-state index contributed by atoms with van der Waals surface area (Å²) in [6, 6.07) is -2.15. The number of carbonyl (C=O) groups excluding carboxylic acids is 10. The molecule has 3 heterocycles. The number of fused-ring (bicyclic) bond motifs is 1. The lowest BCUT2D eigenvalue weighted by atomic mass is 9.99. The van der Waals surface area contributed by atoms with E-state index in [-0.39, 0.29) is 87.8 Å². The normalized spacial score (nSPS) is 25.1. The highest BCUT2D eigenvalue weighted by Gasteiger charge is 2.41. The van der Waals surface area contributed by atoms with Crippen molar-refractivity contribution in [2.75, 3.05) is 13.1 Å². The zero-order chi connectivity index (χ0) is 62.5. The molecule has 2 aliphatic heterocycles. The van der Waals surface area contributed by atoms with E-state index in [0.29, 0.717) is 29.7 Å². The van der Waals surface area contributed by atoms with E-state index in [4.69, 9.17) is 5.73 Å². The van der Waals surface area contributed by atoms with Gasteiger partial charge in [0.15, 0.2) is 0 Å². The number of amides is 10. The van der Waals surface area contributed by atoms with Gasteiger partial charge in [-0.25, -0.2) is 4.98 Å². The van der Waals surface area contributed by atoms with E-state index in [1.54, 1.807) is 39.8 Å². The molecule has 2 saturated heterocycles. The number of H-pyrrole nitrogens is 1. The first-order chi connectivity index (χ1) is 40.3. The van der Waals surface area contributed by atoms with Crippen molar-refractivity contribution in [1.29, 1.82) is 0 Å². The van der Waals surface area contributed by atoms with Crippen molar-refractivity contribution in [2.45, 2.75) is 179 Å². The molecule has 5 rings (SSSR count). The number of carboxylic acids is 1. The van der Waals surface area contributed by atoms with E-state index in [2.05, 4.69) is 57.8 Å². The molecule has 0 saturated carbocycles. The fourth-order valence-corrected chi connectivity index (χ4v) is 9.89. The van der Waals surface area contributed by atoms with Gasteiger partial charge < -0.3 is 78.8 Å². The molecule has 0 spiro atoms. The molecule has 0 aliphatic carbocycles. The lowest BCUT2D eigenvalue weighted by Gasteiger charge is -2.31. The van der Waals surface area contributed by atoms with Crippen LogP contribution in [-0.4, -0.2) is 169 Å². The number of hydrogen-bond donors (Lipinski definition) is 14. The predicted octanol–water partition coefficient (Wildman–Crippen LogP) is -0.658. The minimum absolute atomic E-state index is 0.0330. The number of benzene rings is 2. The van der Waals surface area contributed by atoms with E-state index < -0.39 is 138 Å². The monoisotopic (exact) mass is 1190 g/mol. The Hall–Kier alpha value is -8.62. The average Bonchev–Trinajstić information content (AvgIpc) is 4.04. The molecule has 10 atom stereocenters. The molecule has 27 nitrogen and oxygen atoms in total. The first kappa shape index (κ1) is 67.2. The summed E-state index contributed by atoms with van der Waals surface area (Å²) >= 11 is 0. The largest absolute Gasteiger partial charge is 0.508 e. The molecule has 464 valence electrons. The van der Waals surface area contributed by atoms with Gasteiger partial charge >= 0.3 is 5.97 Å². The lowest BCUT2D eigenvalue weighted by molar-refractivity contribution is -0.142. The third kappa shape index (κ3) is 21.2. The highest BCUT2D eigenvalue weighted by atomic mass is 16.4. The highest BCUT2D eigenvalue weighted by molar-refractivity contribution is 6.00. The standard InChI is InChI=1S/C58H83N13O14/c1-31(2)24-42-53(80)62-33(5)50(77)70-46(27-36-14-18-39(73)19-15-36)58(85)71-23-9-11-47(71)57(84)63-34(6)49(76)66-45(28-37-29-60-30-61-37)56(83)64-40(10-7-8-22-59)51(78)65-41(20-21-48(74)75)52(79)67-43(25-32(3)4)54(81)69-44(55(82)68-42)26-35-12-16-38(72)17-13-35/h12-19,29-34,40-47,72-73H,7-11,20-28,59H2,1-6H3,(H,60,61)(H,62,80)(H,63,84)(H,64,83)(H,65,78)(H,66,76)(H,67,79)(H,68,82)(H,69,81)(H,70,77)(H,74,75)/t33-,34-,40-,41-,42-,43-,44-,45-,46-,47-/m0/s1. The summed E-state index contributed by atoms with van der Waals surface area (Å²) in [5.41, 5.74) is 7.15. The number of nitrogens with zero attached hydrogens (tertiary/aromatic N) is 2. The number of carboxylic acid groups (broad SMARTS) is 1. The summed E-state index contributed by atoms with van der Waals surface area (Å²) in [5.74, 6) is -10.4. The maximum absolute atomic E-state index is 14.7. The van der Waals surface area contributed by atoms with Gasteiger partial charge in [0.25, 0.3) is 0 Å². The quantitative estimate of drug-likeness (QED) is 0.0747. The maximum atomic E-state index is 14.7. The molecular weight excluding hydrogens is 1100 g/mol. The van der Waals surface area contributed by atoms with Crippen molar-refractivity contribution in [3.8, 4) is 11.5 Å². The minimum Gasteiger partial charge on any atom is -0.508 e. The SMILES string of the molecule is CC(C)C[C@@H]1NC(=O)[C@H](Cc2ccc(O)cc2)NC(=O)[C@H](CC(C)C)NC(=O)[C@H](CCC(=O)O)NC(=O)[C@H](CCCCN)NC(=O)[C@H](Cc2cnc[nH]2)NC(=O)[C@H](C)NC(=O)[C@@H]2CCCN2C(=O)[C@H](Cc2ccc(O)cc2)NC(=O)[C@H](C)NC1=O. The van der Waals surface area contributed by atoms with E-state index in [1.807, 2.05) is 0 Å². The van der Waals surface area contributed by atoms with Gasteiger partial charge in [0.1, 0.15) is 71.9 Å². The molecule has 2 fully saturated rings. The lowest BCUT2D eigenvalue weighted by Crippen LogP contribution is -2.61. The van der Waals surface area contributed by atoms with Crippen molar-refractivity contribution >= 4 is 65.0 Å². The van der Waals surface area contributed by atoms with Crippen molar-refractivity contribution in [1.82, 2.24) is 62.7 Å². The number of phenols is 2. The van der Waals surface area contributed by atoms with Crippen molar-refractivity contribution < 1.29 is 68.1 Å². The Morgan fingerprint density at radius 1 is 0.553 bits per heavy atom. The number of unbranched alkanes of at least 4 members (excludes halogenated alkanes) is 1. The Labute approximate surface area is 493 Å². The summed E-state index contributed by atoms with van der Waals surface area (Å²) in [6.45, 7) is 10.1. The molecule has 15 N–H and O–H groups in total. The molecule has 10 amide bonds. The Morgan fingerprint density at radius 3 is 1.47 bits per heavy atom. The number of aromatic amines is 1. The second kappa shape index (κ2) is 32.4. The second-order valence-corrected chi connectivity index (χ2v) is 22.6. The first-order valence-electron chi connectivity index (χ1n) is 28.8. The van der Waals surface area contributed by atoms with Crippen molar-refractivity contribution in [3.63, 3.8) is 0 Å². The topological polar surface area (TPSA) is 415 Å². The highest BCUT2D eigenvalue weighted by Crippen LogP contribution is 2.22. The van der Waals surface area contributed by atoms with Crippen LogP contribution in [0.15, 0.2) is 61.1 Å². The number of nitrogens with two attached hydrogens (primary N) is 1. The average molecular weight is 1190 g/mol. The zero-order valence-electron chi connectivity index (χ0n) is 48.9. The van der Waals surface area contributed by atoms with Gasteiger partial charge in [0.2, 0.25) is 59.1 Å². The van der Waals surface area contributed by atoms with Crippen LogP contribution in [0.3, 0.4) is 0 Å². The summed E-state index contributed by atoms with van der Waals surface area (Å²) in [4.78, 5) is 164. The number of carbonyl (C=O) groups is 11. The van der Waals surface area contributed by atoms with Gasteiger partial charge in [-0.2, -0.15) is 0 Å². The summed E-state index contributed by atoms with van der Waals surface area (Å²) in [6.07, 6.45) is 2.27. The number of nitrogens with one attached hydrogen (secondary N) is 10. The molecule has 85 heavy (non-hydrogen) atoms.